The van der Waals surface area contributed by atoms with Gasteiger partial charge in [0.05, 0.1) is 11.9 Å². The second-order valence-corrected chi connectivity index (χ2v) is 5.02. The Bertz CT molecular complexity index is 618. The number of amides is 1. The van der Waals surface area contributed by atoms with Crippen LogP contribution in [0.4, 0.5) is 5.69 Å². The lowest BCUT2D eigenvalue weighted by molar-refractivity contribution is 0.102. The molecule has 0 fully saturated rings. The number of anilines is 1. The molecule has 0 aliphatic rings. The van der Waals surface area contributed by atoms with Crippen molar-refractivity contribution < 1.29 is 4.79 Å². The summed E-state index contributed by atoms with van der Waals surface area (Å²) in [4.78, 5) is 16.0. The Hall–Kier alpha value is -2.13. The lowest BCUT2D eigenvalue weighted by atomic mass is 10.1. The Kier molecular flexibility index (Phi) is 5.52. The maximum atomic E-state index is 12.1. The van der Waals surface area contributed by atoms with Crippen molar-refractivity contribution in [3.63, 3.8) is 0 Å². The van der Waals surface area contributed by atoms with Gasteiger partial charge in [-0.15, -0.1) is 0 Å². The molecule has 0 atom stereocenters. The van der Waals surface area contributed by atoms with Gasteiger partial charge in [-0.05, 0) is 36.2 Å². The van der Waals surface area contributed by atoms with E-state index in [0.717, 1.165) is 18.4 Å². The highest BCUT2D eigenvalue weighted by Crippen LogP contribution is 2.12. The van der Waals surface area contributed by atoms with Crippen molar-refractivity contribution in [1.29, 1.82) is 0 Å². The zero-order valence-electron chi connectivity index (χ0n) is 11.8. The van der Waals surface area contributed by atoms with Gasteiger partial charge in [-0.1, -0.05) is 49.2 Å². The van der Waals surface area contributed by atoms with Crippen molar-refractivity contribution in [2.45, 2.75) is 19.8 Å². The van der Waals surface area contributed by atoms with Crippen LogP contribution in [0.25, 0.3) is 6.08 Å². The molecule has 1 aromatic heterocycles. The van der Waals surface area contributed by atoms with E-state index in [1.54, 1.807) is 12.1 Å². The van der Waals surface area contributed by atoms with E-state index < -0.39 is 0 Å². The van der Waals surface area contributed by atoms with Crippen LogP contribution in [-0.4, -0.2) is 10.9 Å². The molecule has 21 heavy (non-hydrogen) atoms. The molecule has 1 N–H and O–H groups in total. The summed E-state index contributed by atoms with van der Waals surface area (Å²) in [6.45, 7) is 2.14. The fourth-order valence-electron chi connectivity index (χ4n) is 1.78. The molecule has 1 amide bonds. The summed E-state index contributed by atoms with van der Waals surface area (Å²) in [5, 5.41) is 3.18. The summed E-state index contributed by atoms with van der Waals surface area (Å²) in [7, 11) is 0. The number of nitrogens with zero attached hydrogens (tertiary/aromatic N) is 1. The van der Waals surface area contributed by atoms with Crippen LogP contribution >= 0.6 is 11.6 Å². The Morgan fingerprint density at radius 1 is 1.24 bits per heavy atom. The molecule has 0 aliphatic carbocycles. The number of pyridine rings is 1. The first-order chi connectivity index (χ1) is 10.2. The van der Waals surface area contributed by atoms with Crippen molar-refractivity contribution in [3.05, 3.63) is 65.0 Å². The first-order valence-corrected chi connectivity index (χ1v) is 7.26. The van der Waals surface area contributed by atoms with Crippen LogP contribution in [0.1, 0.15) is 35.7 Å². The molecule has 4 heteroatoms. The first kappa shape index (κ1) is 15.3. The topological polar surface area (TPSA) is 42.0 Å². The van der Waals surface area contributed by atoms with E-state index in [1.165, 1.54) is 6.20 Å². The maximum Gasteiger partial charge on any atom is 0.255 e. The third kappa shape index (κ3) is 4.72. The van der Waals surface area contributed by atoms with E-state index in [4.69, 9.17) is 11.6 Å². The largest absolute Gasteiger partial charge is 0.321 e. The van der Waals surface area contributed by atoms with Crippen molar-refractivity contribution in [3.8, 4) is 0 Å². The van der Waals surface area contributed by atoms with E-state index in [2.05, 4.69) is 29.4 Å². The number of carbonyl (C=O) groups excluding carboxylic acids is 1. The molecule has 0 spiro atoms. The normalized spacial score (nSPS) is 10.8. The fraction of sp³-hybridized carbons (Fsp3) is 0.176. The number of hydrogen-bond donors (Lipinski definition) is 1. The molecule has 0 radical (unpaired) electrons. The van der Waals surface area contributed by atoms with Crippen molar-refractivity contribution >= 4 is 29.3 Å². The van der Waals surface area contributed by atoms with Gasteiger partial charge in [0, 0.05) is 5.56 Å². The van der Waals surface area contributed by atoms with Gasteiger partial charge in [0.1, 0.15) is 5.15 Å². The Morgan fingerprint density at radius 2 is 2.00 bits per heavy atom. The lowest BCUT2D eigenvalue weighted by Crippen LogP contribution is -2.11. The Labute approximate surface area is 129 Å². The molecular weight excluding hydrogens is 284 g/mol. The van der Waals surface area contributed by atoms with Gasteiger partial charge < -0.3 is 5.32 Å². The molecule has 0 unspecified atom stereocenters. The quantitative estimate of drug-likeness (QED) is 0.806. The minimum atomic E-state index is -0.164. The number of unbranched alkanes of at least 4 members (excludes halogenated alkanes) is 1. The van der Waals surface area contributed by atoms with E-state index in [1.807, 2.05) is 24.3 Å². The summed E-state index contributed by atoms with van der Waals surface area (Å²) < 4.78 is 0. The molecule has 1 heterocycles. The SMILES string of the molecule is CCC/C=C/c1ccc(C(=O)Nc2ccc(Cl)nc2)cc1. The second-order valence-electron chi connectivity index (χ2n) is 4.64. The average molecular weight is 301 g/mol. The van der Waals surface area contributed by atoms with Crippen molar-refractivity contribution in [2.24, 2.45) is 0 Å². The zero-order valence-corrected chi connectivity index (χ0v) is 12.6. The van der Waals surface area contributed by atoms with Crippen LogP contribution in [0, 0.1) is 0 Å². The number of allylic oxidation sites excluding steroid dienone is 1. The number of aromatic nitrogens is 1. The molecule has 0 aliphatic heterocycles. The number of carbonyl (C=O) groups is 1. The summed E-state index contributed by atoms with van der Waals surface area (Å²) in [6, 6.07) is 10.8. The van der Waals surface area contributed by atoms with E-state index in [-0.39, 0.29) is 5.91 Å². The molecule has 2 aromatic rings. The Balaban J connectivity index is 2.01. The number of rotatable bonds is 5. The third-order valence-corrected chi connectivity index (χ3v) is 3.15. The van der Waals surface area contributed by atoms with Gasteiger partial charge in [-0.2, -0.15) is 0 Å². The number of hydrogen-bond acceptors (Lipinski definition) is 2. The van der Waals surface area contributed by atoms with Crippen LogP contribution < -0.4 is 5.32 Å². The lowest BCUT2D eigenvalue weighted by Gasteiger charge is -2.05. The van der Waals surface area contributed by atoms with Gasteiger partial charge in [0.2, 0.25) is 0 Å². The van der Waals surface area contributed by atoms with Gasteiger partial charge in [0.15, 0.2) is 0 Å². The number of benzene rings is 1. The predicted molar refractivity (Wildman–Crippen MR) is 87.6 cm³/mol. The smallest absolute Gasteiger partial charge is 0.255 e. The summed E-state index contributed by atoms with van der Waals surface area (Å²) >= 11 is 5.70. The molecule has 108 valence electrons. The van der Waals surface area contributed by atoms with Crippen LogP contribution in [0.2, 0.25) is 5.15 Å². The van der Waals surface area contributed by atoms with Crippen LogP contribution in [0.3, 0.4) is 0 Å². The third-order valence-electron chi connectivity index (χ3n) is 2.92. The molecular formula is C17H17ClN2O. The molecule has 1 aromatic carbocycles. The molecule has 0 saturated carbocycles. The first-order valence-electron chi connectivity index (χ1n) is 6.88. The van der Waals surface area contributed by atoms with E-state index >= 15 is 0 Å². The van der Waals surface area contributed by atoms with Crippen LogP contribution in [-0.2, 0) is 0 Å². The van der Waals surface area contributed by atoms with Crippen LogP contribution in [0.5, 0.6) is 0 Å². The number of halogens is 1. The summed E-state index contributed by atoms with van der Waals surface area (Å²) in [6.07, 6.45) is 7.92. The van der Waals surface area contributed by atoms with Gasteiger partial charge >= 0.3 is 0 Å². The Morgan fingerprint density at radius 3 is 2.62 bits per heavy atom. The minimum absolute atomic E-state index is 0.164. The number of nitrogens with one attached hydrogen (secondary N) is 1. The van der Waals surface area contributed by atoms with Gasteiger partial charge in [0.25, 0.3) is 5.91 Å². The van der Waals surface area contributed by atoms with Crippen molar-refractivity contribution in [1.82, 2.24) is 4.98 Å². The van der Waals surface area contributed by atoms with Gasteiger partial charge in [-0.25, -0.2) is 4.98 Å². The van der Waals surface area contributed by atoms with Gasteiger partial charge in [-0.3, -0.25) is 4.79 Å². The monoisotopic (exact) mass is 300 g/mol. The second kappa shape index (κ2) is 7.60. The summed E-state index contributed by atoms with van der Waals surface area (Å²) in [5.41, 5.74) is 2.32. The van der Waals surface area contributed by atoms with Crippen molar-refractivity contribution in [2.75, 3.05) is 5.32 Å². The zero-order chi connectivity index (χ0) is 15.1. The minimum Gasteiger partial charge on any atom is -0.321 e. The fourth-order valence-corrected chi connectivity index (χ4v) is 1.90. The highest BCUT2D eigenvalue weighted by molar-refractivity contribution is 6.29. The van der Waals surface area contributed by atoms with E-state index in [0.29, 0.717) is 16.4 Å². The average Bonchev–Trinajstić information content (AvgIpc) is 2.50. The maximum absolute atomic E-state index is 12.1. The predicted octanol–water partition coefficient (Wildman–Crippen LogP) is 4.80. The van der Waals surface area contributed by atoms with Crippen LogP contribution in [0.15, 0.2) is 48.7 Å². The highest BCUT2D eigenvalue weighted by atomic mass is 35.5. The highest BCUT2D eigenvalue weighted by Gasteiger charge is 2.05. The van der Waals surface area contributed by atoms with E-state index in [9.17, 15) is 4.79 Å². The molecule has 3 nitrogen and oxygen atoms in total. The molecule has 2 rings (SSSR count). The standard InChI is InChI=1S/C17H17ClN2O/c1-2-3-4-5-13-6-8-14(9-7-13)17(21)20-15-10-11-16(18)19-12-15/h4-12H,2-3H2,1H3,(H,20,21)/b5-4+. The molecule has 0 bridgehead atoms. The summed E-state index contributed by atoms with van der Waals surface area (Å²) in [5.74, 6) is -0.164. The molecule has 0 saturated heterocycles.